The lowest BCUT2D eigenvalue weighted by molar-refractivity contribution is -0.137. The summed E-state index contributed by atoms with van der Waals surface area (Å²) in [5.41, 5.74) is 0. The summed E-state index contributed by atoms with van der Waals surface area (Å²) in [6, 6.07) is -0.460. The quantitative estimate of drug-likeness (QED) is 0.784. The Balaban J connectivity index is 2.53. The first kappa shape index (κ1) is 14.9. The second-order valence-corrected chi connectivity index (χ2v) is 4.56. The minimum atomic E-state index is -1.05. The molecule has 0 saturated carbocycles. The summed E-state index contributed by atoms with van der Waals surface area (Å²) in [6.07, 6.45) is 0. The number of nitrogens with zero attached hydrogens (tertiary/aromatic N) is 3. The van der Waals surface area contributed by atoms with Crippen LogP contribution in [0.2, 0.25) is 0 Å². The van der Waals surface area contributed by atoms with E-state index in [4.69, 9.17) is 9.63 Å². The number of carboxylic acid groups (broad SMARTS) is 1. The molecule has 8 heteroatoms. The Morgan fingerprint density at radius 1 is 1.47 bits per heavy atom. The van der Waals surface area contributed by atoms with Gasteiger partial charge in [0.15, 0.2) is 5.82 Å². The number of amides is 2. The molecule has 8 nitrogen and oxygen atoms in total. The van der Waals surface area contributed by atoms with Crippen LogP contribution in [0.4, 0.5) is 4.79 Å². The van der Waals surface area contributed by atoms with Gasteiger partial charge in [0.25, 0.3) is 0 Å². The Morgan fingerprint density at radius 2 is 2.16 bits per heavy atom. The maximum absolute atomic E-state index is 11.9. The molecule has 0 unspecified atom stereocenters. The van der Waals surface area contributed by atoms with Crippen molar-refractivity contribution in [1.29, 1.82) is 0 Å². The van der Waals surface area contributed by atoms with Crippen LogP contribution in [0.25, 0.3) is 0 Å². The number of aromatic nitrogens is 2. The van der Waals surface area contributed by atoms with Crippen LogP contribution in [0.1, 0.15) is 25.6 Å². The molecule has 2 N–H and O–H groups in total. The molecule has 1 heterocycles. The number of urea groups is 1. The molecule has 0 spiro atoms. The van der Waals surface area contributed by atoms with Gasteiger partial charge in [-0.2, -0.15) is 4.98 Å². The van der Waals surface area contributed by atoms with E-state index in [2.05, 4.69) is 15.5 Å². The zero-order valence-corrected chi connectivity index (χ0v) is 11.2. The van der Waals surface area contributed by atoms with E-state index in [1.54, 1.807) is 6.92 Å². The average Bonchev–Trinajstić information content (AvgIpc) is 2.70. The van der Waals surface area contributed by atoms with Crippen molar-refractivity contribution in [2.75, 3.05) is 13.1 Å². The van der Waals surface area contributed by atoms with Crippen LogP contribution in [-0.2, 0) is 11.3 Å². The zero-order chi connectivity index (χ0) is 14.4. The predicted octanol–water partition coefficient (Wildman–Crippen LogP) is 0.630. The lowest BCUT2D eigenvalue weighted by atomic mass is 10.2. The highest BCUT2D eigenvalue weighted by Gasteiger charge is 2.18. The van der Waals surface area contributed by atoms with Gasteiger partial charge in [0, 0.05) is 13.5 Å². The van der Waals surface area contributed by atoms with Gasteiger partial charge in [0.2, 0.25) is 5.89 Å². The summed E-state index contributed by atoms with van der Waals surface area (Å²) >= 11 is 0. The lowest BCUT2D eigenvalue weighted by Gasteiger charge is -2.22. The first-order chi connectivity index (χ1) is 8.88. The number of carbonyl (C=O) groups excluding carboxylic acids is 1. The fraction of sp³-hybridized carbons (Fsp3) is 0.636. The number of aryl methyl sites for hydroxylation is 1. The topological polar surface area (TPSA) is 109 Å². The number of aliphatic carboxylic acids is 1. The molecule has 1 aromatic heterocycles. The Labute approximate surface area is 110 Å². The van der Waals surface area contributed by atoms with Crippen molar-refractivity contribution in [1.82, 2.24) is 20.4 Å². The molecule has 0 fully saturated rings. The van der Waals surface area contributed by atoms with Gasteiger partial charge < -0.3 is 19.8 Å². The number of hydrogen-bond acceptors (Lipinski definition) is 5. The van der Waals surface area contributed by atoms with Gasteiger partial charge in [-0.1, -0.05) is 19.0 Å². The Kier molecular flexibility index (Phi) is 5.28. The summed E-state index contributed by atoms with van der Waals surface area (Å²) in [5.74, 6) is -0.108. The predicted molar refractivity (Wildman–Crippen MR) is 65.3 cm³/mol. The van der Waals surface area contributed by atoms with Crippen molar-refractivity contribution in [2.24, 2.45) is 5.92 Å². The van der Waals surface area contributed by atoms with Crippen LogP contribution in [-0.4, -0.2) is 45.2 Å². The summed E-state index contributed by atoms with van der Waals surface area (Å²) < 4.78 is 4.77. The largest absolute Gasteiger partial charge is 0.480 e. The minimum Gasteiger partial charge on any atom is -0.480 e. The minimum absolute atomic E-state index is 0.102. The van der Waals surface area contributed by atoms with E-state index in [-0.39, 0.29) is 19.0 Å². The van der Waals surface area contributed by atoms with Crippen molar-refractivity contribution >= 4 is 12.0 Å². The summed E-state index contributed by atoms with van der Waals surface area (Å²) in [6.45, 7) is 5.59. The molecular formula is C11H18N4O4. The van der Waals surface area contributed by atoms with E-state index >= 15 is 0 Å². The highest BCUT2D eigenvalue weighted by Crippen LogP contribution is 2.00. The molecule has 0 aliphatic carbocycles. The monoisotopic (exact) mass is 270 g/mol. The molecule has 0 atom stereocenters. The lowest BCUT2D eigenvalue weighted by Crippen LogP contribution is -2.44. The van der Waals surface area contributed by atoms with Crippen molar-refractivity contribution in [2.45, 2.75) is 27.3 Å². The van der Waals surface area contributed by atoms with E-state index < -0.39 is 12.0 Å². The molecule has 0 aromatic carbocycles. The molecule has 1 rings (SSSR count). The average molecular weight is 270 g/mol. The molecule has 0 bridgehead atoms. The molecule has 0 saturated heterocycles. The SMILES string of the molecule is Cc1nc(CNC(=O)N(CC(=O)O)CC(C)C)no1. The zero-order valence-electron chi connectivity index (χ0n) is 11.2. The molecular weight excluding hydrogens is 252 g/mol. The maximum Gasteiger partial charge on any atom is 0.323 e. The van der Waals surface area contributed by atoms with Gasteiger partial charge in [-0.15, -0.1) is 0 Å². The Hall–Kier alpha value is -2.12. The van der Waals surface area contributed by atoms with Gasteiger partial charge in [-0.05, 0) is 5.92 Å². The van der Waals surface area contributed by atoms with Crippen molar-refractivity contribution in [3.63, 3.8) is 0 Å². The smallest absolute Gasteiger partial charge is 0.323 e. The maximum atomic E-state index is 11.9. The van der Waals surface area contributed by atoms with Crippen molar-refractivity contribution in [3.8, 4) is 0 Å². The fourth-order valence-corrected chi connectivity index (χ4v) is 1.50. The van der Waals surface area contributed by atoms with Crippen LogP contribution in [0, 0.1) is 12.8 Å². The highest BCUT2D eigenvalue weighted by molar-refractivity contribution is 5.80. The van der Waals surface area contributed by atoms with Gasteiger partial charge >= 0.3 is 12.0 Å². The number of hydrogen-bond donors (Lipinski definition) is 2. The Morgan fingerprint density at radius 3 is 2.63 bits per heavy atom. The Bertz CT molecular complexity index is 444. The molecule has 0 aliphatic rings. The van der Waals surface area contributed by atoms with E-state index in [1.807, 2.05) is 13.8 Å². The summed E-state index contributed by atoms with van der Waals surface area (Å²) in [4.78, 5) is 27.7. The number of rotatable bonds is 6. The number of carboxylic acids is 1. The van der Waals surface area contributed by atoms with E-state index in [1.165, 1.54) is 4.90 Å². The summed E-state index contributed by atoms with van der Waals surface area (Å²) in [7, 11) is 0. The van der Waals surface area contributed by atoms with Gasteiger partial charge in [-0.25, -0.2) is 4.79 Å². The van der Waals surface area contributed by atoms with Crippen LogP contribution in [0.5, 0.6) is 0 Å². The van der Waals surface area contributed by atoms with E-state index in [0.29, 0.717) is 18.3 Å². The second kappa shape index (κ2) is 6.72. The third-order valence-corrected chi connectivity index (χ3v) is 2.17. The highest BCUT2D eigenvalue weighted by atomic mass is 16.5. The third-order valence-electron chi connectivity index (χ3n) is 2.17. The third kappa shape index (κ3) is 5.36. The van der Waals surface area contributed by atoms with Crippen molar-refractivity contribution in [3.05, 3.63) is 11.7 Å². The number of nitrogens with one attached hydrogen (secondary N) is 1. The molecule has 2 amide bonds. The fourth-order valence-electron chi connectivity index (χ4n) is 1.50. The summed E-state index contributed by atoms with van der Waals surface area (Å²) in [5, 5.41) is 15.0. The van der Waals surface area contributed by atoms with Gasteiger partial charge in [-0.3, -0.25) is 4.79 Å². The van der Waals surface area contributed by atoms with Gasteiger partial charge in [0.05, 0.1) is 6.54 Å². The molecule has 0 aliphatic heterocycles. The standard InChI is InChI=1S/C11H18N4O4/c1-7(2)5-15(6-10(16)17)11(18)12-4-9-13-8(3)19-14-9/h7H,4-6H2,1-3H3,(H,12,18)(H,16,17). The normalized spacial score (nSPS) is 10.5. The second-order valence-electron chi connectivity index (χ2n) is 4.56. The first-order valence-corrected chi connectivity index (χ1v) is 5.92. The molecule has 19 heavy (non-hydrogen) atoms. The van der Waals surface area contributed by atoms with Crippen LogP contribution in [0.15, 0.2) is 4.52 Å². The molecule has 1 aromatic rings. The van der Waals surface area contributed by atoms with Crippen LogP contribution < -0.4 is 5.32 Å². The molecule has 0 radical (unpaired) electrons. The van der Waals surface area contributed by atoms with E-state index in [0.717, 1.165) is 0 Å². The van der Waals surface area contributed by atoms with Crippen LogP contribution >= 0.6 is 0 Å². The van der Waals surface area contributed by atoms with Gasteiger partial charge in [0.1, 0.15) is 6.54 Å². The van der Waals surface area contributed by atoms with E-state index in [9.17, 15) is 9.59 Å². The van der Waals surface area contributed by atoms with Crippen LogP contribution in [0.3, 0.4) is 0 Å². The molecule has 106 valence electrons. The first-order valence-electron chi connectivity index (χ1n) is 5.92. The number of carbonyl (C=O) groups is 2. The van der Waals surface area contributed by atoms with Crippen molar-refractivity contribution < 1.29 is 19.2 Å².